The number of rotatable bonds is 3. The first kappa shape index (κ1) is 12.7. The van der Waals surface area contributed by atoms with Gasteiger partial charge in [0.2, 0.25) is 0 Å². The van der Waals surface area contributed by atoms with E-state index in [9.17, 15) is 14.7 Å². The molecule has 0 aliphatic heterocycles. The number of carboxylic acid groups (broad SMARTS) is 1. The fraction of sp³-hybridized carbons (Fsp3) is 0.333. The van der Waals surface area contributed by atoms with E-state index < -0.39 is 12.1 Å². The van der Waals surface area contributed by atoms with Gasteiger partial charge in [-0.1, -0.05) is 0 Å². The summed E-state index contributed by atoms with van der Waals surface area (Å²) < 4.78 is 10.5. The Bertz CT molecular complexity index is 744. The largest absolute Gasteiger partial charge is 0.546 e. The van der Waals surface area contributed by atoms with Crippen molar-refractivity contribution in [3.63, 3.8) is 0 Å². The van der Waals surface area contributed by atoms with E-state index in [-0.39, 0.29) is 5.63 Å². The van der Waals surface area contributed by atoms with Crippen LogP contribution in [0.15, 0.2) is 27.4 Å². The Kier molecular flexibility index (Phi) is 2.97. The molecule has 20 heavy (non-hydrogen) atoms. The molecule has 1 aliphatic rings. The van der Waals surface area contributed by atoms with Crippen LogP contribution in [0.3, 0.4) is 0 Å². The van der Waals surface area contributed by atoms with Crippen LogP contribution in [0.1, 0.15) is 24.5 Å². The number of carbonyl (C=O) groups is 1. The first-order valence-electron chi connectivity index (χ1n) is 6.52. The second-order valence-electron chi connectivity index (χ2n) is 4.94. The topological polar surface area (TPSA) is 79.6 Å². The Morgan fingerprint density at radius 3 is 2.85 bits per heavy atom. The summed E-state index contributed by atoms with van der Waals surface area (Å²) in [6.07, 6.45) is 1.52. The van der Waals surface area contributed by atoms with Gasteiger partial charge < -0.3 is 19.1 Å². The first-order chi connectivity index (χ1) is 9.56. The molecule has 1 heterocycles. The molecule has 0 saturated heterocycles. The zero-order chi connectivity index (χ0) is 14.3. The Labute approximate surface area is 114 Å². The van der Waals surface area contributed by atoms with Gasteiger partial charge in [-0.05, 0) is 43.9 Å². The summed E-state index contributed by atoms with van der Waals surface area (Å²) in [6, 6.07) is 5.04. The fourth-order valence-corrected chi connectivity index (χ4v) is 2.59. The molecule has 5 nitrogen and oxygen atoms in total. The lowest BCUT2D eigenvalue weighted by molar-refractivity contribution is -0.312. The SMILES string of the molecule is C[C@@H](Oc1ccc2c3c(c(=O)oc2c1)CCC3)C(=O)[O-]. The van der Waals surface area contributed by atoms with Crippen LogP contribution in [0.5, 0.6) is 5.75 Å². The van der Waals surface area contributed by atoms with E-state index in [1.54, 1.807) is 18.2 Å². The van der Waals surface area contributed by atoms with Crippen LogP contribution in [0.4, 0.5) is 0 Å². The summed E-state index contributed by atoms with van der Waals surface area (Å²) in [5.74, 6) is -0.948. The lowest BCUT2D eigenvalue weighted by atomic mass is 10.1. The summed E-state index contributed by atoms with van der Waals surface area (Å²) in [5.41, 5.74) is 1.92. The molecular formula is C15H13O5-. The van der Waals surface area contributed by atoms with Gasteiger partial charge in [-0.15, -0.1) is 0 Å². The summed E-state index contributed by atoms with van der Waals surface area (Å²) in [4.78, 5) is 22.5. The quantitative estimate of drug-likeness (QED) is 0.773. The molecule has 0 radical (unpaired) electrons. The van der Waals surface area contributed by atoms with Gasteiger partial charge in [-0.3, -0.25) is 0 Å². The van der Waals surface area contributed by atoms with E-state index in [0.717, 1.165) is 35.8 Å². The third-order valence-corrected chi connectivity index (χ3v) is 3.59. The van der Waals surface area contributed by atoms with Crippen LogP contribution < -0.4 is 15.5 Å². The van der Waals surface area contributed by atoms with Crippen LogP contribution in [-0.2, 0) is 17.6 Å². The van der Waals surface area contributed by atoms with E-state index in [0.29, 0.717) is 11.3 Å². The molecule has 104 valence electrons. The van der Waals surface area contributed by atoms with Gasteiger partial charge in [-0.2, -0.15) is 0 Å². The third-order valence-electron chi connectivity index (χ3n) is 3.59. The second kappa shape index (κ2) is 4.67. The number of hydrogen-bond donors (Lipinski definition) is 0. The van der Waals surface area contributed by atoms with E-state index in [1.165, 1.54) is 6.92 Å². The Hall–Kier alpha value is -2.30. The molecule has 5 heteroatoms. The number of carbonyl (C=O) groups excluding carboxylic acids is 1. The maximum atomic E-state index is 11.9. The first-order valence-corrected chi connectivity index (χ1v) is 6.52. The van der Waals surface area contributed by atoms with Gasteiger partial charge >= 0.3 is 5.63 Å². The number of fused-ring (bicyclic) bond motifs is 3. The Morgan fingerprint density at radius 2 is 2.10 bits per heavy atom. The monoisotopic (exact) mass is 273 g/mol. The minimum Gasteiger partial charge on any atom is -0.546 e. The summed E-state index contributed by atoms with van der Waals surface area (Å²) >= 11 is 0. The maximum absolute atomic E-state index is 11.9. The van der Waals surface area contributed by atoms with Crippen molar-refractivity contribution in [3.05, 3.63) is 39.7 Å². The molecule has 0 fully saturated rings. The normalized spacial score (nSPS) is 15.1. The Morgan fingerprint density at radius 1 is 1.35 bits per heavy atom. The lowest BCUT2D eigenvalue weighted by Crippen LogP contribution is -2.37. The van der Waals surface area contributed by atoms with E-state index in [2.05, 4.69) is 0 Å². The highest BCUT2D eigenvalue weighted by molar-refractivity contribution is 5.83. The van der Waals surface area contributed by atoms with Crippen LogP contribution >= 0.6 is 0 Å². The fourth-order valence-electron chi connectivity index (χ4n) is 2.59. The van der Waals surface area contributed by atoms with Crippen molar-refractivity contribution < 1.29 is 19.1 Å². The standard InChI is InChI=1S/C15H14O5/c1-8(14(16)17)19-9-5-6-11-10-3-2-4-12(10)15(18)20-13(11)7-9/h5-8H,2-4H2,1H3,(H,16,17)/p-1/t8-/m1/s1. The zero-order valence-corrected chi connectivity index (χ0v) is 11.0. The molecule has 1 aromatic carbocycles. The molecule has 0 bridgehead atoms. The van der Waals surface area contributed by atoms with Crippen molar-refractivity contribution in [2.45, 2.75) is 32.3 Å². The minimum absolute atomic E-state index is 0.310. The van der Waals surface area contributed by atoms with Gasteiger partial charge in [-0.25, -0.2) is 4.79 Å². The van der Waals surface area contributed by atoms with E-state index in [1.807, 2.05) is 0 Å². The number of ether oxygens (including phenoxy) is 1. The van der Waals surface area contributed by atoms with Crippen molar-refractivity contribution in [3.8, 4) is 5.75 Å². The number of aryl methyl sites for hydroxylation is 1. The highest BCUT2D eigenvalue weighted by atomic mass is 16.5. The van der Waals surface area contributed by atoms with E-state index >= 15 is 0 Å². The molecule has 2 aromatic rings. The maximum Gasteiger partial charge on any atom is 0.339 e. The molecular weight excluding hydrogens is 260 g/mol. The van der Waals surface area contributed by atoms with Gasteiger partial charge in [0, 0.05) is 17.0 Å². The van der Waals surface area contributed by atoms with Crippen molar-refractivity contribution >= 4 is 16.9 Å². The van der Waals surface area contributed by atoms with Gasteiger partial charge in [0.15, 0.2) is 0 Å². The molecule has 0 saturated carbocycles. The molecule has 0 amide bonds. The smallest absolute Gasteiger partial charge is 0.339 e. The third kappa shape index (κ3) is 2.05. The van der Waals surface area contributed by atoms with Crippen molar-refractivity contribution in [1.29, 1.82) is 0 Å². The van der Waals surface area contributed by atoms with Crippen molar-refractivity contribution in [2.24, 2.45) is 0 Å². The van der Waals surface area contributed by atoms with Crippen LogP contribution in [0.2, 0.25) is 0 Å². The molecule has 1 atom stereocenters. The lowest BCUT2D eigenvalue weighted by Gasteiger charge is -2.15. The summed E-state index contributed by atoms with van der Waals surface area (Å²) in [5, 5.41) is 11.6. The average Bonchev–Trinajstić information content (AvgIpc) is 2.88. The van der Waals surface area contributed by atoms with Crippen LogP contribution in [0, 0.1) is 0 Å². The summed E-state index contributed by atoms with van der Waals surface area (Å²) in [6.45, 7) is 1.39. The zero-order valence-electron chi connectivity index (χ0n) is 11.0. The Balaban J connectivity index is 2.06. The molecule has 1 aromatic heterocycles. The number of carboxylic acids is 1. The number of aliphatic carboxylic acids is 1. The van der Waals surface area contributed by atoms with Crippen molar-refractivity contribution in [2.75, 3.05) is 0 Å². The molecule has 1 aliphatic carbocycles. The van der Waals surface area contributed by atoms with E-state index in [4.69, 9.17) is 9.15 Å². The van der Waals surface area contributed by atoms with Crippen LogP contribution in [0.25, 0.3) is 11.0 Å². The number of benzene rings is 1. The van der Waals surface area contributed by atoms with Gasteiger partial charge in [0.1, 0.15) is 17.4 Å². The second-order valence-corrected chi connectivity index (χ2v) is 4.94. The molecule has 0 unspecified atom stereocenters. The molecule has 3 rings (SSSR count). The average molecular weight is 273 g/mol. The predicted octanol–water partition coefficient (Wildman–Crippen LogP) is 0.799. The molecule has 0 spiro atoms. The summed E-state index contributed by atoms with van der Waals surface area (Å²) in [7, 11) is 0. The van der Waals surface area contributed by atoms with Crippen LogP contribution in [-0.4, -0.2) is 12.1 Å². The number of hydrogen-bond acceptors (Lipinski definition) is 5. The molecule has 0 N–H and O–H groups in total. The van der Waals surface area contributed by atoms with Crippen molar-refractivity contribution in [1.82, 2.24) is 0 Å². The predicted molar refractivity (Wildman–Crippen MR) is 69.6 cm³/mol. The highest BCUT2D eigenvalue weighted by Gasteiger charge is 2.19. The highest BCUT2D eigenvalue weighted by Crippen LogP contribution is 2.29. The van der Waals surface area contributed by atoms with Gasteiger partial charge in [0.05, 0.1) is 5.97 Å². The van der Waals surface area contributed by atoms with Gasteiger partial charge in [0.25, 0.3) is 0 Å². The minimum atomic E-state index is -1.29.